The Morgan fingerprint density at radius 2 is 1.92 bits per heavy atom. The molecular formula is C18H12BrF2N3. The number of aliphatic imine (C=N–C) groups is 1. The molecule has 0 saturated carbocycles. The zero-order chi connectivity index (χ0) is 16.7. The minimum Gasteiger partial charge on any atom is -0.286 e. The van der Waals surface area contributed by atoms with E-state index in [-0.39, 0.29) is 11.6 Å². The number of hydrogen-bond donors (Lipinski definition) is 0. The van der Waals surface area contributed by atoms with Crippen molar-refractivity contribution in [3.8, 4) is 11.3 Å². The van der Waals surface area contributed by atoms with Gasteiger partial charge in [0.25, 0.3) is 0 Å². The molecule has 3 aromatic rings. The van der Waals surface area contributed by atoms with Crippen molar-refractivity contribution >= 4 is 22.1 Å². The number of hydrogen-bond acceptors (Lipinski definition) is 2. The van der Waals surface area contributed by atoms with Crippen LogP contribution in [0.15, 0.2) is 51.9 Å². The first kappa shape index (κ1) is 15.2. The van der Waals surface area contributed by atoms with Crippen molar-refractivity contribution in [1.29, 1.82) is 0 Å². The van der Waals surface area contributed by atoms with Gasteiger partial charge in [-0.05, 0) is 45.8 Å². The van der Waals surface area contributed by atoms with Gasteiger partial charge >= 0.3 is 0 Å². The van der Waals surface area contributed by atoms with Gasteiger partial charge in [-0.25, -0.2) is 8.78 Å². The number of aromatic nitrogens is 2. The monoisotopic (exact) mass is 387 g/mol. The molecule has 1 aliphatic rings. The first-order valence-electron chi connectivity index (χ1n) is 7.42. The van der Waals surface area contributed by atoms with E-state index in [1.54, 1.807) is 41.2 Å². The van der Waals surface area contributed by atoms with Gasteiger partial charge in [-0.1, -0.05) is 18.2 Å². The van der Waals surface area contributed by atoms with E-state index in [0.717, 1.165) is 16.8 Å². The predicted molar refractivity (Wildman–Crippen MR) is 92.1 cm³/mol. The lowest BCUT2D eigenvalue weighted by Gasteiger charge is -2.10. The van der Waals surface area contributed by atoms with Crippen LogP contribution in [0.4, 0.5) is 8.78 Å². The molecule has 0 saturated heterocycles. The molecule has 0 fully saturated rings. The summed E-state index contributed by atoms with van der Waals surface area (Å²) in [5, 5.41) is 4.57. The fraction of sp³-hybridized carbons (Fsp3) is 0.111. The SMILES string of the molecule is Fc1ccc(Cn2nc3c(c2-c2ccccc2F)C=NC3)cc1Br. The van der Waals surface area contributed by atoms with Crippen molar-refractivity contribution in [3.05, 3.63) is 75.4 Å². The number of nitrogens with zero attached hydrogens (tertiary/aromatic N) is 3. The topological polar surface area (TPSA) is 30.2 Å². The van der Waals surface area contributed by atoms with Crippen molar-refractivity contribution in [1.82, 2.24) is 9.78 Å². The van der Waals surface area contributed by atoms with Gasteiger partial charge in [0.2, 0.25) is 0 Å². The normalized spacial score (nSPS) is 12.6. The largest absolute Gasteiger partial charge is 0.286 e. The Bertz CT molecular complexity index is 963. The summed E-state index contributed by atoms with van der Waals surface area (Å²) in [5.41, 5.74) is 3.74. The first-order valence-corrected chi connectivity index (χ1v) is 8.21. The number of fused-ring (bicyclic) bond motifs is 1. The molecule has 1 aromatic heterocycles. The number of benzene rings is 2. The maximum Gasteiger partial charge on any atom is 0.137 e. The van der Waals surface area contributed by atoms with Gasteiger partial charge in [-0.3, -0.25) is 9.67 Å². The molecule has 2 aromatic carbocycles. The van der Waals surface area contributed by atoms with E-state index in [4.69, 9.17) is 0 Å². The van der Waals surface area contributed by atoms with Gasteiger partial charge < -0.3 is 0 Å². The van der Waals surface area contributed by atoms with Crippen LogP contribution >= 0.6 is 15.9 Å². The summed E-state index contributed by atoms with van der Waals surface area (Å²) in [7, 11) is 0. The molecule has 0 N–H and O–H groups in total. The Labute approximate surface area is 145 Å². The Hall–Kier alpha value is -2.34. The van der Waals surface area contributed by atoms with Crippen molar-refractivity contribution in [2.75, 3.05) is 0 Å². The molecule has 6 heteroatoms. The Kier molecular flexibility index (Phi) is 3.76. The zero-order valence-electron chi connectivity index (χ0n) is 12.5. The van der Waals surface area contributed by atoms with Crippen molar-refractivity contribution in [3.63, 3.8) is 0 Å². The molecule has 120 valence electrons. The third-order valence-corrected chi connectivity index (χ3v) is 4.58. The van der Waals surface area contributed by atoms with Crippen LogP contribution in [0.25, 0.3) is 11.3 Å². The highest BCUT2D eigenvalue weighted by Gasteiger charge is 2.22. The fourth-order valence-corrected chi connectivity index (χ4v) is 3.29. The molecule has 0 aliphatic carbocycles. The average Bonchev–Trinajstić information content (AvgIpc) is 3.13. The highest BCUT2D eigenvalue weighted by Crippen LogP contribution is 2.31. The lowest BCUT2D eigenvalue weighted by atomic mass is 10.1. The summed E-state index contributed by atoms with van der Waals surface area (Å²) < 4.78 is 29.9. The van der Waals surface area contributed by atoms with Crippen LogP contribution in [0.3, 0.4) is 0 Å². The van der Waals surface area contributed by atoms with Crippen LogP contribution in [0.1, 0.15) is 16.8 Å². The molecule has 24 heavy (non-hydrogen) atoms. The molecule has 0 amide bonds. The quantitative estimate of drug-likeness (QED) is 0.647. The minimum absolute atomic E-state index is 0.304. The summed E-state index contributed by atoms with van der Waals surface area (Å²) in [5.74, 6) is -0.620. The molecule has 3 nitrogen and oxygen atoms in total. The van der Waals surface area contributed by atoms with E-state index < -0.39 is 0 Å². The fourth-order valence-electron chi connectivity index (χ4n) is 2.86. The molecular weight excluding hydrogens is 376 g/mol. The van der Waals surface area contributed by atoms with Gasteiger partial charge in [0.15, 0.2) is 0 Å². The van der Waals surface area contributed by atoms with Crippen LogP contribution < -0.4 is 0 Å². The maximum absolute atomic E-state index is 14.3. The minimum atomic E-state index is -0.317. The molecule has 0 atom stereocenters. The van der Waals surface area contributed by atoms with Crippen LogP contribution in [0.5, 0.6) is 0 Å². The summed E-state index contributed by atoms with van der Waals surface area (Å²) in [6.45, 7) is 0.917. The highest BCUT2D eigenvalue weighted by atomic mass is 79.9. The molecule has 0 bridgehead atoms. The van der Waals surface area contributed by atoms with Gasteiger partial charge in [0, 0.05) is 17.3 Å². The third-order valence-electron chi connectivity index (χ3n) is 3.97. The van der Waals surface area contributed by atoms with Crippen molar-refractivity contribution < 1.29 is 8.78 Å². The summed E-state index contributed by atoms with van der Waals surface area (Å²) in [6, 6.07) is 11.4. The second-order valence-electron chi connectivity index (χ2n) is 5.56. The van der Waals surface area contributed by atoms with Gasteiger partial charge in [-0.15, -0.1) is 0 Å². The lowest BCUT2D eigenvalue weighted by Crippen LogP contribution is -2.06. The Balaban J connectivity index is 1.83. The van der Waals surface area contributed by atoms with E-state index >= 15 is 0 Å². The predicted octanol–water partition coefficient (Wildman–Crippen LogP) is 4.57. The summed E-state index contributed by atoms with van der Waals surface area (Å²) in [6.07, 6.45) is 1.74. The first-order chi connectivity index (χ1) is 11.6. The molecule has 0 spiro atoms. The van der Waals surface area contributed by atoms with Crippen molar-refractivity contribution in [2.24, 2.45) is 4.99 Å². The molecule has 2 heterocycles. The van der Waals surface area contributed by atoms with E-state index in [0.29, 0.717) is 28.8 Å². The lowest BCUT2D eigenvalue weighted by molar-refractivity contribution is 0.615. The van der Waals surface area contributed by atoms with Crippen LogP contribution in [-0.4, -0.2) is 16.0 Å². The molecule has 0 radical (unpaired) electrons. The van der Waals surface area contributed by atoms with Gasteiger partial charge in [0.1, 0.15) is 11.6 Å². The standard InChI is InChI=1S/C18H12BrF2N3/c19-14-7-11(5-6-16(14)21)10-24-18(12-3-1-2-4-15(12)20)13-8-22-9-17(13)23-24/h1-8H,9-10H2. The van der Waals surface area contributed by atoms with E-state index in [1.807, 2.05) is 0 Å². The second kappa shape index (κ2) is 5.94. The highest BCUT2D eigenvalue weighted by molar-refractivity contribution is 9.10. The van der Waals surface area contributed by atoms with E-state index in [9.17, 15) is 8.78 Å². The molecule has 1 aliphatic heterocycles. The smallest absolute Gasteiger partial charge is 0.137 e. The number of halogens is 3. The Morgan fingerprint density at radius 3 is 2.71 bits per heavy atom. The van der Waals surface area contributed by atoms with Gasteiger partial charge in [-0.2, -0.15) is 5.10 Å². The Morgan fingerprint density at radius 1 is 1.08 bits per heavy atom. The average molecular weight is 388 g/mol. The zero-order valence-corrected chi connectivity index (χ0v) is 14.1. The summed E-state index contributed by atoms with van der Waals surface area (Å²) >= 11 is 3.19. The summed E-state index contributed by atoms with van der Waals surface area (Å²) in [4.78, 5) is 4.22. The van der Waals surface area contributed by atoms with Crippen LogP contribution in [0.2, 0.25) is 0 Å². The van der Waals surface area contributed by atoms with E-state index in [1.165, 1.54) is 12.1 Å². The number of rotatable bonds is 3. The van der Waals surface area contributed by atoms with Crippen LogP contribution in [0, 0.1) is 11.6 Å². The molecule has 4 rings (SSSR count). The maximum atomic E-state index is 14.3. The molecule has 0 unspecified atom stereocenters. The second-order valence-corrected chi connectivity index (χ2v) is 6.42. The van der Waals surface area contributed by atoms with E-state index in [2.05, 4.69) is 26.0 Å². The third kappa shape index (κ3) is 2.57. The van der Waals surface area contributed by atoms with Gasteiger partial charge in [0.05, 0.1) is 29.0 Å². The van der Waals surface area contributed by atoms with Crippen molar-refractivity contribution in [2.45, 2.75) is 13.1 Å². The van der Waals surface area contributed by atoms with Crippen LogP contribution in [-0.2, 0) is 13.1 Å².